The molecule has 2 aliphatic rings. The Kier molecular flexibility index (Phi) is 3.76. The highest BCUT2D eigenvalue weighted by Crippen LogP contribution is 2.31. The van der Waals surface area contributed by atoms with Gasteiger partial charge in [-0.3, -0.25) is 0 Å². The lowest BCUT2D eigenvalue weighted by atomic mass is 9.85. The Morgan fingerprint density at radius 1 is 1.05 bits per heavy atom. The number of rotatable bonds is 1. The van der Waals surface area contributed by atoms with Crippen molar-refractivity contribution in [3.8, 4) is 0 Å². The van der Waals surface area contributed by atoms with Crippen LogP contribution in [-0.4, -0.2) is 25.2 Å². The molecule has 1 saturated carbocycles. The number of fused-ring (bicyclic) bond motifs is 1. The molecule has 2 unspecified atom stereocenters. The van der Waals surface area contributed by atoms with Crippen molar-refractivity contribution in [3.63, 3.8) is 0 Å². The van der Waals surface area contributed by atoms with Crippen molar-refractivity contribution in [2.45, 2.75) is 64.0 Å². The van der Waals surface area contributed by atoms with Gasteiger partial charge in [-0.05, 0) is 36.0 Å². The van der Waals surface area contributed by atoms with E-state index in [9.17, 15) is 0 Å². The van der Waals surface area contributed by atoms with Gasteiger partial charge in [-0.1, -0.05) is 45.7 Å². The van der Waals surface area contributed by atoms with Crippen molar-refractivity contribution in [3.05, 3.63) is 29.8 Å². The van der Waals surface area contributed by atoms with Crippen LogP contribution in [0.4, 0.5) is 5.69 Å². The van der Waals surface area contributed by atoms with Gasteiger partial charge in [-0.2, -0.15) is 0 Å². The second-order valence-electron chi connectivity index (χ2n) is 7.40. The van der Waals surface area contributed by atoms with E-state index in [4.69, 9.17) is 0 Å². The van der Waals surface area contributed by atoms with Crippen LogP contribution in [0.1, 0.15) is 52.0 Å². The second-order valence-corrected chi connectivity index (χ2v) is 7.40. The van der Waals surface area contributed by atoms with E-state index in [2.05, 4.69) is 55.3 Å². The van der Waals surface area contributed by atoms with E-state index in [0.717, 1.165) is 13.1 Å². The lowest BCUT2D eigenvalue weighted by Crippen LogP contribution is -2.59. The van der Waals surface area contributed by atoms with E-state index in [1.807, 2.05) is 0 Å². The standard InChI is InChI=1S/C18H28N2/c1-18(2,3)14-8-10-15(11-9-14)20-13-12-19-16-6-4-5-7-17(16)20/h8-11,16-17,19H,4-7,12-13H2,1-3H3. The van der Waals surface area contributed by atoms with Crippen LogP contribution in [0.25, 0.3) is 0 Å². The smallest absolute Gasteiger partial charge is 0.0443 e. The second kappa shape index (κ2) is 5.40. The zero-order valence-electron chi connectivity index (χ0n) is 13.2. The van der Waals surface area contributed by atoms with Crippen LogP contribution in [0.15, 0.2) is 24.3 Å². The quantitative estimate of drug-likeness (QED) is 0.838. The first kappa shape index (κ1) is 13.9. The van der Waals surface area contributed by atoms with Gasteiger partial charge < -0.3 is 10.2 Å². The van der Waals surface area contributed by atoms with Crippen molar-refractivity contribution < 1.29 is 0 Å². The Bertz CT molecular complexity index is 441. The molecule has 1 aromatic carbocycles. The number of piperazine rings is 1. The van der Waals surface area contributed by atoms with Gasteiger partial charge in [0.15, 0.2) is 0 Å². The Labute approximate surface area is 123 Å². The van der Waals surface area contributed by atoms with Gasteiger partial charge in [-0.25, -0.2) is 0 Å². The van der Waals surface area contributed by atoms with Crippen LogP contribution in [0, 0.1) is 0 Å². The van der Waals surface area contributed by atoms with Crippen LogP contribution in [0.2, 0.25) is 0 Å². The van der Waals surface area contributed by atoms with E-state index in [-0.39, 0.29) is 5.41 Å². The first-order chi connectivity index (χ1) is 9.55. The van der Waals surface area contributed by atoms with Gasteiger partial charge in [0.1, 0.15) is 0 Å². The number of anilines is 1. The highest BCUT2D eigenvalue weighted by molar-refractivity contribution is 5.50. The first-order valence-electron chi connectivity index (χ1n) is 8.16. The number of nitrogens with one attached hydrogen (secondary N) is 1. The van der Waals surface area contributed by atoms with Crippen LogP contribution >= 0.6 is 0 Å². The van der Waals surface area contributed by atoms with Gasteiger partial charge in [0, 0.05) is 30.9 Å². The van der Waals surface area contributed by atoms with Gasteiger partial charge >= 0.3 is 0 Å². The number of hydrogen-bond acceptors (Lipinski definition) is 2. The van der Waals surface area contributed by atoms with Crippen molar-refractivity contribution in [2.24, 2.45) is 0 Å². The van der Waals surface area contributed by atoms with Crippen LogP contribution < -0.4 is 10.2 Å². The number of nitrogens with zero attached hydrogens (tertiary/aromatic N) is 1. The molecule has 2 atom stereocenters. The van der Waals surface area contributed by atoms with E-state index in [1.54, 1.807) is 0 Å². The zero-order chi connectivity index (χ0) is 14.2. The molecule has 0 bridgehead atoms. The average molecular weight is 272 g/mol. The molecule has 1 N–H and O–H groups in total. The minimum Gasteiger partial charge on any atom is -0.366 e. The molecule has 1 heterocycles. The third-order valence-corrected chi connectivity index (χ3v) is 4.95. The van der Waals surface area contributed by atoms with E-state index in [1.165, 1.54) is 36.9 Å². The highest BCUT2D eigenvalue weighted by atomic mass is 15.2. The van der Waals surface area contributed by atoms with Gasteiger partial charge in [0.2, 0.25) is 0 Å². The van der Waals surface area contributed by atoms with Crippen molar-refractivity contribution in [2.75, 3.05) is 18.0 Å². The maximum atomic E-state index is 3.71. The van der Waals surface area contributed by atoms with E-state index < -0.39 is 0 Å². The summed E-state index contributed by atoms with van der Waals surface area (Å²) < 4.78 is 0. The maximum absolute atomic E-state index is 3.71. The summed E-state index contributed by atoms with van der Waals surface area (Å²) in [5.74, 6) is 0. The molecular weight excluding hydrogens is 244 g/mol. The van der Waals surface area contributed by atoms with Gasteiger partial charge in [0.25, 0.3) is 0 Å². The summed E-state index contributed by atoms with van der Waals surface area (Å²) in [6.45, 7) is 9.12. The first-order valence-corrected chi connectivity index (χ1v) is 8.16. The van der Waals surface area contributed by atoms with Crippen LogP contribution in [0.5, 0.6) is 0 Å². The molecule has 2 heteroatoms. The third kappa shape index (κ3) is 2.71. The molecule has 110 valence electrons. The number of hydrogen-bond donors (Lipinski definition) is 1. The fraction of sp³-hybridized carbons (Fsp3) is 0.667. The summed E-state index contributed by atoms with van der Waals surface area (Å²) in [5, 5.41) is 3.71. The lowest BCUT2D eigenvalue weighted by Gasteiger charge is -2.46. The van der Waals surface area contributed by atoms with Crippen LogP contribution in [-0.2, 0) is 5.41 Å². The molecule has 1 aliphatic heterocycles. The van der Waals surface area contributed by atoms with Crippen molar-refractivity contribution >= 4 is 5.69 Å². The Morgan fingerprint density at radius 3 is 2.45 bits per heavy atom. The molecule has 0 radical (unpaired) electrons. The summed E-state index contributed by atoms with van der Waals surface area (Å²) in [6, 6.07) is 10.7. The minimum absolute atomic E-state index is 0.245. The summed E-state index contributed by atoms with van der Waals surface area (Å²) in [6.07, 6.45) is 5.48. The van der Waals surface area contributed by atoms with Gasteiger partial charge in [0.05, 0.1) is 0 Å². The third-order valence-electron chi connectivity index (χ3n) is 4.95. The topological polar surface area (TPSA) is 15.3 Å². The Hall–Kier alpha value is -1.02. The average Bonchev–Trinajstić information content (AvgIpc) is 2.46. The summed E-state index contributed by atoms with van der Waals surface area (Å²) in [4.78, 5) is 2.65. The molecule has 0 amide bonds. The lowest BCUT2D eigenvalue weighted by molar-refractivity contribution is 0.284. The van der Waals surface area contributed by atoms with Crippen molar-refractivity contribution in [1.82, 2.24) is 5.32 Å². The number of benzene rings is 1. The summed E-state index contributed by atoms with van der Waals surface area (Å²) in [7, 11) is 0. The molecule has 1 aromatic rings. The molecule has 0 spiro atoms. The normalized spacial score (nSPS) is 27.2. The van der Waals surface area contributed by atoms with Crippen LogP contribution in [0.3, 0.4) is 0 Å². The van der Waals surface area contributed by atoms with E-state index >= 15 is 0 Å². The molecule has 1 aliphatic carbocycles. The molecule has 2 nitrogen and oxygen atoms in total. The zero-order valence-corrected chi connectivity index (χ0v) is 13.2. The predicted molar refractivity (Wildman–Crippen MR) is 86.5 cm³/mol. The fourth-order valence-corrected chi connectivity index (χ4v) is 3.73. The van der Waals surface area contributed by atoms with Gasteiger partial charge in [-0.15, -0.1) is 0 Å². The minimum atomic E-state index is 0.245. The molecule has 2 fully saturated rings. The summed E-state index contributed by atoms with van der Waals surface area (Å²) >= 11 is 0. The molecule has 20 heavy (non-hydrogen) atoms. The maximum Gasteiger partial charge on any atom is 0.0443 e. The van der Waals surface area contributed by atoms with Crippen molar-refractivity contribution in [1.29, 1.82) is 0 Å². The molecule has 1 saturated heterocycles. The fourth-order valence-electron chi connectivity index (χ4n) is 3.73. The highest BCUT2D eigenvalue weighted by Gasteiger charge is 2.33. The Morgan fingerprint density at radius 2 is 1.75 bits per heavy atom. The Balaban J connectivity index is 1.80. The SMILES string of the molecule is CC(C)(C)c1ccc(N2CCNC3CCCCC32)cc1. The monoisotopic (exact) mass is 272 g/mol. The predicted octanol–water partition coefficient (Wildman–Crippen LogP) is 3.70. The molecule has 3 rings (SSSR count). The van der Waals surface area contributed by atoms with E-state index in [0.29, 0.717) is 12.1 Å². The largest absolute Gasteiger partial charge is 0.366 e. The molecule has 0 aromatic heterocycles. The summed E-state index contributed by atoms with van der Waals surface area (Å²) in [5.41, 5.74) is 3.09. The molecular formula is C18H28N2.